The number of ether oxygens (including phenoxy) is 1. The van der Waals surface area contributed by atoms with Crippen molar-refractivity contribution in [2.24, 2.45) is 0 Å². The average Bonchev–Trinajstić information content (AvgIpc) is 2.75. The first-order valence-electron chi connectivity index (χ1n) is 12.0. The van der Waals surface area contributed by atoms with Crippen molar-refractivity contribution in [2.45, 2.75) is 88.8 Å². The van der Waals surface area contributed by atoms with Crippen molar-refractivity contribution < 1.29 is 22.7 Å². The van der Waals surface area contributed by atoms with Crippen LogP contribution in [-0.2, 0) is 14.8 Å². The fraction of sp³-hybridized carbons (Fsp3) is 0.667. The van der Waals surface area contributed by atoms with E-state index in [0.29, 0.717) is 18.8 Å². The molecule has 2 amide bonds. The van der Waals surface area contributed by atoms with Crippen LogP contribution in [0.15, 0.2) is 23.1 Å². The topological polar surface area (TPSA) is 96.0 Å². The number of amides is 2. The van der Waals surface area contributed by atoms with Gasteiger partial charge in [0.15, 0.2) is 0 Å². The average molecular weight is 480 g/mol. The number of rotatable bonds is 3. The van der Waals surface area contributed by atoms with Crippen LogP contribution >= 0.6 is 0 Å². The fourth-order valence-corrected chi connectivity index (χ4v) is 6.01. The fourth-order valence-electron chi connectivity index (χ4n) is 4.73. The molecule has 33 heavy (non-hydrogen) atoms. The van der Waals surface area contributed by atoms with Gasteiger partial charge >= 0.3 is 0 Å². The molecule has 2 aliphatic rings. The van der Waals surface area contributed by atoms with Crippen LogP contribution in [0.2, 0.25) is 0 Å². The Labute approximate surface area is 197 Å². The molecule has 1 heterocycles. The Hall–Kier alpha value is -2.13. The number of carbonyl (C=O) groups excluding carboxylic acids is 2. The van der Waals surface area contributed by atoms with Gasteiger partial charge in [-0.25, -0.2) is 13.1 Å². The molecule has 0 spiro atoms. The first kappa shape index (κ1) is 25.5. The van der Waals surface area contributed by atoms with Gasteiger partial charge in [-0.3, -0.25) is 9.59 Å². The summed E-state index contributed by atoms with van der Waals surface area (Å²) in [7, 11) is -2.04. The van der Waals surface area contributed by atoms with Gasteiger partial charge in [-0.2, -0.15) is 0 Å². The van der Waals surface area contributed by atoms with Crippen molar-refractivity contribution in [3.05, 3.63) is 23.8 Å². The van der Waals surface area contributed by atoms with Gasteiger partial charge in [0.2, 0.25) is 15.9 Å². The van der Waals surface area contributed by atoms with Crippen LogP contribution in [-0.4, -0.2) is 68.4 Å². The van der Waals surface area contributed by atoms with E-state index in [1.54, 1.807) is 38.8 Å². The first-order chi connectivity index (χ1) is 15.6. The van der Waals surface area contributed by atoms with E-state index in [9.17, 15) is 18.0 Å². The van der Waals surface area contributed by atoms with Crippen LogP contribution in [0.5, 0.6) is 5.75 Å². The number of hydrogen-bond donors (Lipinski definition) is 1. The maximum Gasteiger partial charge on any atom is 0.257 e. The predicted molar refractivity (Wildman–Crippen MR) is 127 cm³/mol. The summed E-state index contributed by atoms with van der Waals surface area (Å²) in [6, 6.07) is 4.16. The molecule has 3 rings (SSSR count). The van der Waals surface area contributed by atoms with Crippen molar-refractivity contribution in [3.8, 4) is 5.75 Å². The molecule has 0 saturated heterocycles. The molecule has 1 aromatic carbocycles. The van der Waals surface area contributed by atoms with E-state index in [0.717, 1.165) is 44.9 Å². The molecular formula is C24H37N3O5S. The number of sulfonamides is 1. The van der Waals surface area contributed by atoms with E-state index in [1.807, 2.05) is 4.90 Å². The minimum Gasteiger partial charge on any atom is -0.487 e. The Bertz CT molecular complexity index is 963. The second-order valence-corrected chi connectivity index (χ2v) is 11.2. The van der Waals surface area contributed by atoms with E-state index in [2.05, 4.69) is 4.72 Å². The smallest absolute Gasteiger partial charge is 0.257 e. The predicted octanol–water partition coefficient (Wildman–Crippen LogP) is 3.17. The summed E-state index contributed by atoms with van der Waals surface area (Å²) in [4.78, 5) is 29.4. The molecule has 1 aliphatic carbocycles. The largest absolute Gasteiger partial charge is 0.487 e. The summed E-state index contributed by atoms with van der Waals surface area (Å²) in [5, 5.41) is 0. The highest BCUT2D eigenvalue weighted by atomic mass is 32.2. The summed E-state index contributed by atoms with van der Waals surface area (Å²) in [5.74, 6) is 0.150. The number of fused-ring (bicyclic) bond motifs is 2. The Kier molecular flexibility index (Phi) is 8.39. The van der Waals surface area contributed by atoms with Crippen molar-refractivity contribution >= 4 is 21.8 Å². The van der Waals surface area contributed by atoms with Gasteiger partial charge in [-0.05, 0) is 70.6 Å². The summed E-state index contributed by atoms with van der Waals surface area (Å²) in [6.07, 6.45) is 6.01. The third-order valence-electron chi connectivity index (χ3n) is 6.37. The lowest BCUT2D eigenvalue weighted by Crippen LogP contribution is -2.50. The van der Waals surface area contributed by atoms with E-state index < -0.39 is 10.0 Å². The molecule has 8 nitrogen and oxygen atoms in total. The zero-order valence-corrected chi connectivity index (χ0v) is 21.0. The van der Waals surface area contributed by atoms with E-state index >= 15 is 0 Å². The monoisotopic (exact) mass is 479 g/mol. The van der Waals surface area contributed by atoms with Gasteiger partial charge in [-0.1, -0.05) is 6.42 Å². The maximum atomic E-state index is 13.3. The lowest BCUT2D eigenvalue weighted by Gasteiger charge is -2.39. The first-order valence-corrected chi connectivity index (χ1v) is 13.4. The van der Waals surface area contributed by atoms with Crippen LogP contribution in [0.4, 0.5) is 0 Å². The van der Waals surface area contributed by atoms with Crippen LogP contribution in [0.25, 0.3) is 0 Å². The maximum absolute atomic E-state index is 13.3. The molecule has 0 bridgehead atoms. The van der Waals surface area contributed by atoms with Crippen molar-refractivity contribution in [2.75, 3.05) is 20.1 Å². The number of carbonyl (C=O) groups is 2. The molecule has 1 fully saturated rings. The SMILES string of the molecule is CC(=O)N1CCCCCN(C)C(=O)c2cc(S(=O)(=O)NC(C)C)ccc2O[C@H]2CCCC[C@H]21. The van der Waals surface area contributed by atoms with E-state index in [4.69, 9.17) is 4.74 Å². The standard InChI is InChI=1S/C24H37N3O5S/c1-17(2)25-33(30,31)19-12-13-22-20(16-19)24(29)26(4)14-8-5-9-15-27(18(3)28)21-10-6-7-11-23(21)32-22/h12-13,16-17,21,23,25H,5-11,14-15H2,1-4H3/t21-,23+/m1/s1. The van der Waals surface area contributed by atoms with E-state index in [-0.39, 0.29) is 40.5 Å². The summed E-state index contributed by atoms with van der Waals surface area (Å²) in [6.45, 7) is 6.34. The van der Waals surface area contributed by atoms with Gasteiger partial charge in [0.05, 0.1) is 16.5 Å². The van der Waals surface area contributed by atoms with Gasteiger partial charge in [0.1, 0.15) is 11.9 Å². The highest BCUT2D eigenvalue weighted by Crippen LogP contribution is 2.32. The molecule has 1 N–H and O–H groups in total. The van der Waals surface area contributed by atoms with Crippen molar-refractivity contribution in [1.29, 1.82) is 0 Å². The molecule has 0 unspecified atom stereocenters. The Balaban J connectivity index is 2.04. The number of nitrogens with zero attached hydrogens (tertiary/aromatic N) is 2. The molecule has 9 heteroatoms. The quantitative estimate of drug-likeness (QED) is 0.718. The van der Waals surface area contributed by atoms with Crippen molar-refractivity contribution in [1.82, 2.24) is 14.5 Å². The second-order valence-electron chi connectivity index (χ2n) is 9.44. The second kappa shape index (κ2) is 10.9. The van der Waals surface area contributed by atoms with Crippen LogP contribution < -0.4 is 9.46 Å². The van der Waals surface area contributed by atoms with Gasteiger partial charge in [0.25, 0.3) is 5.91 Å². The number of hydrogen-bond acceptors (Lipinski definition) is 5. The van der Waals surface area contributed by atoms with E-state index in [1.165, 1.54) is 12.1 Å². The lowest BCUT2D eigenvalue weighted by molar-refractivity contribution is -0.134. The summed E-state index contributed by atoms with van der Waals surface area (Å²) in [5.41, 5.74) is 0.238. The minimum atomic E-state index is -3.76. The van der Waals surface area contributed by atoms with Gasteiger partial charge in [0, 0.05) is 33.1 Å². The highest BCUT2D eigenvalue weighted by molar-refractivity contribution is 7.89. The zero-order valence-electron chi connectivity index (χ0n) is 20.2. The molecular weight excluding hydrogens is 442 g/mol. The molecule has 184 valence electrons. The third kappa shape index (κ3) is 6.26. The van der Waals surface area contributed by atoms with Gasteiger partial charge < -0.3 is 14.5 Å². The molecule has 2 atom stereocenters. The minimum absolute atomic E-state index is 0.0372. The Morgan fingerprint density at radius 2 is 1.79 bits per heavy atom. The molecule has 1 aromatic rings. The van der Waals surface area contributed by atoms with Gasteiger partial charge in [-0.15, -0.1) is 0 Å². The van der Waals surface area contributed by atoms with Crippen LogP contribution in [0, 0.1) is 0 Å². The summed E-state index contributed by atoms with van der Waals surface area (Å²) >= 11 is 0. The Morgan fingerprint density at radius 3 is 2.48 bits per heavy atom. The molecule has 1 aliphatic heterocycles. The van der Waals surface area contributed by atoms with Crippen LogP contribution in [0.3, 0.4) is 0 Å². The Morgan fingerprint density at radius 1 is 1.09 bits per heavy atom. The third-order valence-corrected chi connectivity index (χ3v) is 8.03. The normalized spacial score (nSPS) is 23.0. The van der Waals surface area contributed by atoms with Crippen LogP contribution in [0.1, 0.15) is 76.1 Å². The zero-order chi connectivity index (χ0) is 24.2. The summed E-state index contributed by atoms with van der Waals surface area (Å²) < 4.78 is 34.5. The molecule has 1 saturated carbocycles. The molecule has 0 radical (unpaired) electrons. The molecule has 0 aromatic heterocycles. The number of nitrogens with one attached hydrogen (secondary N) is 1. The van der Waals surface area contributed by atoms with Crippen molar-refractivity contribution in [3.63, 3.8) is 0 Å². The number of benzene rings is 1. The lowest BCUT2D eigenvalue weighted by atomic mass is 9.90. The highest BCUT2D eigenvalue weighted by Gasteiger charge is 2.34.